The summed E-state index contributed by atoms with van der Waals surface area (Å²) in [5.74, 6) is -0.553. The number of rotatable bonds is 8. The van der Waals surface area contributed by atoms with Gasteiger partial charge in [0.15, 0.2) is 18.1 Å². The van der Waals surface area contributed by atoms with Crippen LogP contribution in [-0.2, 0) is 14.3 Å². The minimum Gasteiger partial charge on any atom is -0.490 e. The molecule has 0 spiro atoms. The van der Waals surface area contributed by atoms with Crippen molar-refractivity contribution in [1.82, 2.24) is 0 Å². The molecule has 0 heterocycles. The Labute approximate surface area is 197 Å². The molecule has 162 valence electrons. The van der Waals surface area contributed by atoms with Gasteiger partial charge in [0.1, 0.15) is 11.6 Å². The van der Waals surface area contributed by atoms with E-state index in [4.69, 9.17) is 32.7 Å². The Hall–Kier alpha value is -2.73. The zero-order valence-electron chi connectivity index (χ0n) is 16.5. The Morgan fingerprint density at radius 2 is 1.94 bits per heavy atom. The molecule has 1 amide bonds. The molecule has 0 aliphatic carbocycles. The molecule has 0 aliphatic heterocycles. The first-order valence-corrected chi connectivity index (χ1v) is 10.4. The zero-order valence-corrected chi connectivity index (χ0v) is 19.6. The number of ether oxygens (including phenoxy) is 3. The topological polar surface area (TPSA) is 97.6 Å². The summed E-state index contributed by atoms with van der Waals surface area (Å²) >= 11 is 15.2. The van der Waals surface area contributed by atoms with Crippen molar-refractivity contribution >= 4 is 62.8 Å². The number of carbonyl (C=O) groups excluding carboxylic acids is 2. The Morgan fingerprint density at radius 3 is 2.55 bits per heavy atom. The quantitative estimate of drug-likeness (QED) is 0.286. The molecule has 2 rings (SSSR count). The smallest absolute Gasteiger partial charge is 0.343 e. The van der Waals surface area contributed by atoms with Crippen LogP contribution < -0.4 is 14.8 Å². The van der Waals surface area contributed by atoms with Gasteiger partial charge in [0.2, 0.25) is 0 Å². The SMILES string of the molecule is CCOc1cc(/C=C(\C#N)C(=O)Nc2ccc(Cl)c(Cl)c2)cc(Br)c1OCC(=O)OC. The second-order valence-electron chi connectivity index (χ2n) is 5.88. The molecule has 10 heteroatoms. The Balaban J connectivity index is 2.31. The molecule has 0 radical (unpaired) electrons. The average molecular weight is 528 g/mol. The number of hydrogen-bond donors (Lipinski definition) is 1. The van der Waals surface area contributed by atoms with Crippen LogP contribution in [0.15, 0.2) is 40.4 Å². The first-order valence-electron chi connectivity index (χ1n) is 8.83. The number of esters is 1. The van der Waals surface area contributed by atoms with Gasteiger partial charge in [-0.1, -0.05) is 23.2 Å². The normalized spacial score (nSPS) is 10.8. The molecule has 0 saturated heterocycles. The van der Waals surface area contributed by atoms with E-state index in [0.29, 0.717) is 38.9 Å². The van der Waals surface area contributed by atoms with Gasteiger partial charge >= 0.3 is 5.97 Å². The highest BCUT2D eigenvalue weighted by Crippen LogP contribution is 2.37. The van der Waals surface area contributed by atoms with Crippen LogP contribution in [-0.4, -0.2) is 32.2 Å². The minimum atomic E-state index is -0.624. The fraction of sp³-hybridized carbons (Fsp3) is 0.190. The predicted octanol–water partition coefficient (Wildman–Crippen LogP) is 5.25. The van der Waals surface area contributed by atoms with Gasteiger partial charge < -0.3 is 19.5 Å². The number of nitrogens with zero attached hydrogens (tertiary/aromatic N) is 1. The third kappa shape index (κ3) is 6.89. The van der Waals surface area contributed by atoms with E-state index in [2.05, 4.69) is 26.0 Å². The van der Waals surface area contributed by atoms with E-state index in [1.54, 1.807) is 25.1 Å². The lowest BCUT2D eigenvalue weighted by Gasteiger charge is -2.14. The molecule has 0 unspecified atom stereocenters. The Kier molecular flexibility index (Phi) is 9.19. The average Bonchev–Trinajstić information content (AvgIpc) is 2.73. The standard InChI is InChI=1S/C21H17BrCl2N2O5/c1-3-30-18-8-12(7-15(22)20(18)31-11-19(27)29-2)6-13(10-25)21(28)26-14-4-5-16(23)17(24)9-14/h4-9H,3,11H2,1-2H3,(H,26,28)/b13-6+. The summed E-state index contributed by atoms with van der Waals surface area (Å²) in [5.41, 5.74) is 0.744. The summed E-state index contributed by atoms with van der Waals surface area (Å²) in [6.45, 7) is 1.81. The maximum absolute atomic E-state index is 12.5. The van der Waals surface area contributed by atoms with E-state index in [1.165, 1.54) is 25.3 Å². The molecular formula is C21H17BrCl2N2O5. The molecule has 0 aliphatic rings. The lowest BCUT2D eigenvalue weighted by Crippen LogP contribution is -2.14. The molecule has 0 aromatic heterocycles. The van der Waals surface area contributed by atoms with Crippen molar-refractivity contribution < 1.29 is 23.8 Å². The van der Waals surface area contributed by atoms with Gasteiger partial charge in [0, 0.05) is 5.69 Å². The molecule has 2 aromatic carbocycles. The minimum absolute atomic E-state index is 0.149. The highest BCUT2D eigenvalue weighted by atomic mass is 79.9. The van der Waals surface area contributed by atoms with Gasteiger partial charge in [0.05, 0.1) is 28.2 Å². The first-order chi connectivity index (χ1) is 14.8. The van der Waals surface area contributed by atoms with Crippen LogP contribution in [0, 0.1) is 11.3 Å². The molecule has 0 bridgehead atoms. The van der Waals surface area contributed by atoms with Crippen molar-refractivity contribution in [2.75, 3.05) is 25.6 Å². The number of amides is 1. The highest BCUT2D eigenvalue weighted by Gasteiger charge is 2.16. The number of carbonyl (C=O) groups is 2. The Morgan fingerprint density at radius 1 is 1.19 bits per heavy atom. The summed E-state index contributed by atoms with van der Waals surface area (Å²) in [7, 11) is 1.25. The maximum Gasteiger partial charge on any atom is 0.343 e. The summed E-state index contributed by atoms with van der Waals surface area (Å²) in [4.78, 5) is 23.9. The van der Waals surface area contributed by atoms with Crippen molar-refractivity contribution in [3.8, 4) is 17.6 Å². The van der Waals surface area contributed by atoms with E-state index in [0.717, 1.165) is 0 Å². The summed E-state index contributed by atoms with van der Waals surface area (Å²) in [5, 5.41) is 12.7. The second-order valence-corrected chi connectivity index (χ2v) is 7.55. The number of benzene rings is 2. The van der Waals surface area contributed by atoms with Crippen molar-refractivity contribution in [2.24, 2.45) is 0 Å². The highest BCUT2D eigenvalue weighted by molar-refractivity contribution is 9.10. The molecule has 0 fully saturated rings. The lowest BCUT2D eigenvalue weighted by molar-refractivity contribution is -0.142. The fourth-order valence-electron chi connectivity index (χ4n) is 2.35. The summed E-state index contributed by atoms with van der Waals surface area (Å²) < 4.78 is 16.1. The summed E-state index contributed by atoms with van der Waals surface area (Å²) in [6, 6.07) is 9.67. The molecule has 0 atom stereocenters. The van der Waals surface area contributed by atoms with E-state index < -0.39 is 11.9 Å². The van der Waals surface area contributed by atoms with Crippen LogP contribution in [0.1, 0.15) is 12.5 Å². The van der Waals surface area contributed by atoms with Crippen molar-refractivity contribution in [2.45, 2.75) is 6.92 Å². The largest absolute Gasteiger partial charge is 0.490 e. The van der Waals surface area contributed by atoms with E-state index in [-0.39, 0.29) is 17.2 Å². The van der Waals surface area contributed by atoms with Crippen LogP contribution in [0.3, 0.4) is 0 Å². The van der Waals surface area contributed by atoms with E-state index in [9.17, 15) is 14.9 Å². The van der Waals surface area contributed by atoms with Crippen molar-refractivity contribution in [3.05, 3.63) is 56.0 Å². The third-order valence-electron chi connectivity index (χ3n) is 3.75. The van der Waals surface area contributed by atoms with Crippen LogP contribution >= 0.6 is 39.1 Å². The van der Waals surface area contributed by atoms with Gasteiger partial charge in [0.25, 0.3) is 5.91 Å². The van der Waals surface area contributed by atoms with Gasteiger partial charge in [-0.05, 0) is 64.8 Å². The third-order valence-corrected chi connectivity index (χ3v) is 5.08. The number of nitrogens with one attached hydrogen (secondary N) is 1. The molecule has 2 aromatic rings. The maximum atomic E-state index is 12.5. The number of anilines is 1. The molecule has 0 saturated carbocycles. The number of halogens is 3. The second kappa shape index (κ2) is 11.6. The van der Waals surface area contributed by atoms with E-state index >= 15 is 0 Å². The van der Waals surface area contributed by atoms with Crippen LogP contribution in [0.2, 0.25) is 10.0 Å². The van der Waals surface area contributed by atoms with Crippen LogP contribution in [0.5, 0.6) is 11.5 Å². The molecule has 31 heavy (non-hydrogen) atoms. The Bertz CT molecular complexity index is 1070. The van der Waals surface area contributed by atoms with Crippen LogP contribution in [0.4, 0.5) is 5.69 Å². The van der Waals surface area contributed by atoms with Crippen molar-refractivity contribution in [1.29, 1.82) is 5.26 Å². The van der Waals surface area contributed by atoms with Gasteiger partial charge in [-0.15, -0.1) is 0 Å². The molecular weight excluding hydrogens is 511 g/mol. The van der Waals surface area contributed by atoms with Gasteiger partial charge in [-0.25, -0.2) is 4.79 Å². The van der Waals surface area contributed by atoms with Crippen molar-refractivity contribution in [3.63, 3.8) is 0 Å². The fourth-order valence-corrected chi connectivity index (χ4v) is 3.22. The lowest BCUT2D eigenvalue weighted by atomic mass is 10.1. The number of hydrogen-bond acceptors (Lipinski definition) is 6. The van der Waals surface area contributed by atoms with Gasteiger partial charge in [-0.3, -0.25) is 4.79 Å². The van der Waals surface area contributed by atoms with Crippen LogP contribution in [0.25, 0.3) is 6.08 Å². The molecule has 7 nitrogen and oxygen atoms in total. The number of nitriles is 1. The zero-order chi connectivity index (χ0) is 23.0. The predicted molar refractivity (Wildman–Crippen MR) is 122 cm³/mol. The molecule has 1 N–H and O–H groups in total. The summed E-state index contributed by atoms with van der Waals surface area (Å²) in [6.07, 6.45) is 1.39. The number of methoxy groups -OCH3 is 1. The monoisotopic (exact) mass is 526 g/mol. The van der Waals surface area contributed by atoms with E-state index in [1.807, 2.05) is 6.07 Å². The van der Waals surface area contributed by atoms with Gasteiger partial charge in [-0.2, -0.15) is 5.26 Å². The first kappa shape index (κ1) is 24.5.